The third-order valence-corrected chi connectivity index (χ3v) is 8.83. The van der Waals surface area contributed by atoms with Crippen LogP contribution in [0.1, 0.15) is 62.8 Å². The van der Waals surface area contributed by atoms with Gasteiger partial charge in [-0.15, -0.1) is 9.36 Å². The van der Waals surface area contributed by atoms with Crippen molar-refractivity contribution in [2.24, 2.45) is 20.5 Å². The molecule has 1 aliphatic heterocycles. The smallest absolute Gasteiger partial charge is 0.371 e. The number of hydrogen-bond acceptors (Lipinski definition) is 8. The first-order valence-corrected chi connectivity index (χ1v) is 16.7. The number of azo groups is 2. The van der Waals surface area contributed by atoms with Crippen LogP contribution in [0.15, 0.2) is 57.4 Å². The number of nitrogens with zero attached hydrogens (tertiary/aromatic N) is 12. The third kappa shape index (κ3) is 8.14. The monoisotopic (exact) mass is 656 g/mol. The summed E-state index contributed by atoms with van der Waals surface area (Å²) in [6.07, 6.45) is 5.80. The van der Waals surface area contributed by atoms with Gasteiger partial charge in [0.1, 0.15) is 11.4 Å². The molecule has 0 saturated carbocycles. The Balaban J connectivity index is 0.00000312. The Morgan fingerprint density at radius 2 is 0.938 bits per heavy atom. The summed E-state index contributed by atoms with van der Waals surface area (Å²) in [4.78, 5) is 5.09. The van der Waals surface area contributed by atoms with Crippen molar-refractivity contribution in [3.8, 4) is 0 Å². The molecule has 2 aromatic heterocycles. The summed E-state index contributed by atoms with van der Waals surface area (Å²) in [6.45, 7) is 24.1. The maximum Gasteiger partial charge on any atom is 0.403 e. The molecule has 0 amide bonds. The zero-order chi connectivity index (χ0) is 32.8. The molecule has 3 heterocycles. The van der Waals surface area contributed by atoms with Gasteiger partial charge in [0.25, 0.3) is 0 Å². The maximum atomic E-state index is 4.65. The molecule has 0 N–H and O–H groups in total. The van der Waals surface area contributed by atoms with Crippen molar-refractivity contribution >= 4 is 34.6 Å². The fourth-order valence-electron chi connectivity index (χ4n) is 6.14. The Hall–Kier alpha value is -4.48. The van der Waals surface area contributed by atoms with Gasteiger partial charge in [0, 0.05) is 47.8 Å². The van der Waals surface area contributed by atoms with Gasteiger partial charge in [-0.2, -0.15) is 0 Å². The van der Waals surface area contributed by atoms with E-state index < -0.39 is 0 Å². The fourth-order valence-corrected chi connectivity index (χ4v) is 6.14. The Bertz CT molecular complexity index is 1540. The van der Waals surface area contributed by atoms with Crippen LogP contribution >= 0.6 is 0 Å². The van der Waals surface area contributed by atoms with E-state index in [1.54, 1.807) is 0 Å². The number of rotatable bonds is 10. The van der Waals surface area contributed by atoms with Gasteiger partial charge in [0.2, 0.25) is 12.7 Å². The van der Waals surface area contributed by atoms with Crippen molar-refractivity contribution < 1.29 is 9.13 Å². The van der Waals surface area contributed by atoms with Crippen LogP contribution in [0.25, 0.3) is 0 Å². The Morgan fingerprint density at radius 1 is 0.562 bits per heavy atom. The van der Waals surface area contributed by atoms with E-state index in [1.165, 1.54) is 22.5 Å². The van der Waals surface area contributed by atoms with E-state index in [-0.39, 0.29) is 14.9 Å². The largest absolute Gasteiger partial charge is 0.403 e. The Kier molecular flexibility index (Phi) is 13.5. The highest BCUT2D eigenvalue weighted by atomic mass is 15.4. The van der Waals surface area contributed by atoms with Gasteiger partial charge in [-0.1, -0.05) is 10.2 Å². The summed E-state index contributed by atoms with van der Waals surface area (Å²) in [7, 11) is 0. The molecular weight excluding hydrogens is 600 g/mol. The zero-order valence-electron chi connectivity index (χ0n) is 30.9. The highest BCUT2D eigenvalue weighted by molar-refractivity contribution is 5.64. The Morgan fingerprint density at radius 3 is 1.27 bits per heavy atom. The molecule has 1 aliphatic rings. The van der Waals surface area contributed by atoms with Gasteiger partial charge < -0.3 is 24.7 Å². The zero-order valence-corrected chi connectivity index (χ0v) is 30.9. The molecule has 12 nitrogen and oxygen atoms in total. The van der Waals surface area contributed by atoms with E-state index in [0.29, 0.717) is 0 Å². The second kappa shape index (κ2) is 17.1. The third-order valence-electron chi connectivity index (χ3n) is 8.83. The molecule has 1 saturated heterocycles. The van der Waals surface area contributed by atoms with Crippen LogP contribution < -0.4 is 18.9 Å². The van der Waals surface area contributed by atoms with Crippen molar-refractivity contribution in [3.63, 3.8) is 0 Å². The van der Waals surface area contributed by atoms with E-state index >= 15 is 0 Å². The van der Waals surface area contributed by atoms with Gasteiger partial charge >= 0.3 is 11.9 Å². The lowest BCUT2D eigenvalue weighted by atomic mass is 10.0. The van der Waals surface area contributed by atoms with E-state index in [0.717, 1.165) is 99.6 Å². The molecule has 5 rings (SSSR count). The summed E-state index contributed by atoms with van der Waals surface area (Å²) in [5, 5.41) is 27.3. The van der Waals surface area contributed by atoms with Crippen LogP contribution in [0.5, 0.6) is 0 Å². The highest BCUT2D eigenvalue weighted by Crippen LogP contribution is 2.33. The van der Waals surface area contributed by atoms with Gasteiger partial charge in [-0.25, -0.2) is 9.13 Å². The first-order valence-electron chi connectivity index (χ1n) is 16.7. The highest BCUT2D eigenvalue weighted by Gasteiger charge is 2.21. The quantitative estimate of drug-likeness (QED) is 0.0988. The van der Waals surface area contributed by atoms with E-state index in [9.17, 15) is 0 Å². The number of hydrogen-bond donors (Lipinski definition) is 0. The molecule has 0 atom stereocenters. The fraction of sp³-hybridized carbons (Fsp3) is 0.500. The number of anilines is 2. The van der Waals surface area contributed by atoms with Crippen molar-refractivity contribution in [2.45, 2.75) is 94.4 Å². The van der Waals surface area contributed by atoms with E-state index in [1.807, 2.05) is 31.2 Å². The Labute approximate surface area is 287 Å². The molecule has 0 bridgehead atoms. The molecule has 0 unspecified atom stereocenters. The van der Waals surface area contributed by atoms with Crippen LogP contribution in [0.2, 0.25) is 0 Å². The minimum absolute atomic E-state index is 0. The van der Waals surface area contributed by atoms with Gasteiger partial charge in [0.05, 0.1) is 26.2 Å². The predicted molar refractivity (Wildman–Crippen MR) is 194 cm³/mol. The van der Waals surface area contributed by atoms with Crippen molar-refractivity contribution in [3.05, 3.63) is 74.0 Å². The molecule has 0 spiro atoms. The lowest BCUT2D eigenvalue weighted by Gasteiger charge is -2.34. The standard InChI is InChI=1S/C34H50N12.2CH3/c1-9-41-23-35-45(11-3)33(41)39-37-29-19-27(7)31(21-25(29)5)43-15-13-17-44(18-14-16-43)32-22-26(6)30(20-28(32)8)38-40-34-42(10-2)24-36-46(34)12-4;;/h19-24H,9-18H2,1-8H3;2*1H3/q+2;2*-1. The average Bonchev–Trinajstić information content (AvgIpc) is 3.64. The summed E-state index contributed by atoms with van der Waals surface area (Å²) >= 11 is 0. The summed E-state index contributed by atoms with van der Waals surface area (Å²) in [6, 6.07) is 8.91. The molecule has 260 valence electrons. The lowest BCUT2D eigenvalue weighted by Crippen LogP contribution is -2.37. The maximum absolute atomic E-state index is 4.65. The topological polar surface area (TPSA) is 99.3 Å². The molecule has 48 heavy (non-hydrogen) atoms. The van der Waals surface area contributed by atoms with Crippen molar-refractivity contribution in [1.29, 1.82) is 0 Å². The lowest BCUT2D eigenvalue weighted by molar-refractivity contribution is -0.681. The average molecular weight is 657 g/mol. The van der Waals surface area contributed by atoms with Crippen LogP contribution in [0.3, 0.4) is 0 Å². The van der Waals surface area contributed by atoms with Crippen LogP contribution in [0, 0.1) is 42.5 Å². The van der Waals surface area contributed by atoms with Crippen LogP contribution in [0.4, 0.5) is 34.6 Å². The van der Waals surface area contributed by atoms with Gasteiger partial charge in [-0.3, -0.25) is 0 Å². The molecule has 12 heteroatoms. The normalized spacial score (nSPS) is 13.9. The van der Waals surface area contributed by atoms with Gasteiger partial charge in [-0.05, 0) is 125 Å². The number of aryl methyl sites for hydroxylation is 8. The van der Waals surface area contributed by atoms with Crippen molar-refractivity contribution in [2.75, 3.05) is 36.0 Å². The summed E-state index contributed by atoms with van der Waals surface area (Å²) in [5.41, 5.74) is 9.11. The van der Waals surface area contributed by atoms with Crippen LogP contribution in [-0.2, 0) is 26.2 Å². The first-order chi connectivity index (χ1) is 22.3. The van der Waals surface area contributed by atoms with Crippen LogP contribution in [-0.4, -0.2) is 45.7 Å². The SMILES string of the molecule is CCn1nc[n+](CC)c1N=Nc1cc(C)c(N2CCCN(c3cc(C)c(N=Nc4n(CC)nc[n+]4CC)cc3C)CCC2)cc1C.[CH3-].[CH3-]. The van der Waals surface area contributed by atoms with Gasteiger partial charge in [0.15, 0.2) is 0 Å². The molecule has 0 radical (unpaired) electrons. The predicted octanol–water partition coefficient (Wildman–Crippen LogP) is 7.81. The molecule has 4 aromatic rings. The summed E-state index contributed by atoms with van der Waals surface area (Å²) < 4.78 is 7.78. The molecule has 0 aliphatic carbocycles. The second-order valence-electron chi connectivity index (χ2n) is 12.0. The van der Waals surface area contributed by atoms with E-state index in [2.05, 4.69) is 120 Å². The number of aromatic nitrogens is 6. The van der Waals surface area contributed by atoms with Crippen molar-refractivity contribution in [1.82, 2.24) is 19.6 Å². The molecule has 2 aromatic carbocycles. The first kappa shape index (κ1) is 38.0. The number of benzene rings is 2. The van der Waals surface area contributed by atoms with E-state index in [4.69, 9.17) is 0 Å². The molecule has 1 fully saturated rings. The summed E-state index contributed by atoms with van der Waals surface area (Å²) in [5.74, 6) is 1.54. The minimum atomic E-state index is 0. The molecular formula is C36H56N12. The minimum Gasteiger partial charge on any atom is -0.371 e. The second-order valence-corrected chi connectivity index (χ2v) is 12.0.